The van der Waals surface area contributed by atoms with Crippen molar-refractivity contribution in [3.63, 3.8) is 0 Å². The van der Waals surface area contributed by atoms with Gasteiger partial charge in [0, 0.05) is 15.7 Å². The van der Waals surface area contributed by atoms with E-state index in [1.54, 1.807) is 31.2 Å². The summed E-state index contributed by atoms with van der Waals surface area (Å²) in [6, 6.07) is 14.5. The molecule has 144 valence electrons. The molecule has 0 radical (unpaired) electrons. The Morgan fingerprint density at radius 2 is 2.07 bits per heavy atom. The zero-order valence-corrected chi connectivity index (χ0v) is 17.3. The predicted molar refractivity (Wildman–Crippen MR) is 113 cm³/mol. The molecule has 0 unspecified atom stereocenters. The topological polar surface area (TPSA) is 89.3 Å². The van der Waals surface area contributed by atoms with Crippen molar-refractivity contribution in [3.8, 4) is 11.4 Å². The van der Waals surface area contributed by atoms with Gasteiger partial charge in [0.15, 0.2) is 5.11 Å². The van der Waals surface area contributed by atoms with Gasteiger partial charge >= 0.3 is 5.97 Å². The number of esters is 1. The van der Waals surface area contributed by atoms with Crippen LogP contribution < -0.4 is 10.6 Å². The fourth-order valence-electron chi connectivity index (χ4n) is 2.34. The third-order valence-electron chi connectivity index (χ3n) is 3.58. The monoisotopic (exact) mass is 460 g/mol. The van der Waals surface area contributed by atoms with Crippen LogP contribution in [0.1, 0.15) is 23.2 Å². The lowest BCUT2D eigenvalue weighted by atomic mass is 10.2. The zero-order chi connectivity index (χ0) is 19.9. The zero-order valence-electron chi connectivity index (χ0n) is 14.9. The molecule has 0 aliphatic heterocycles. The molecule has 0 aliphatic rings. The normalized spacial score (nSPS) is 10.4. The molecule has 7 nitrogen and oxygen atoms in total. The van der Waals surface area contributed by atoms with Crippen LogP contribution in [0.15, 0.2) is 57.5 Å². The molecule has 0 amide bonds. The summed E-state index contributed by atoms with van der Waals surface area (Å²) in [6.45, 7) is 2.35. The molecule has 0 saturated heterocycles. The number of carbonyl (C=O) groups excluding carboxylic acids is 1. The molecular weight excluding hydrogens is 444 g/mol. The van der Waals surface area contributed by atoms with Crippen molar-refractivity contribution < 1.29 is 14.1 Å². The molecule has 3 aromatic rings. The molecule has 0 atom stereocenters. The van der Waals surface area contributed by atoms with Gasteiger partial charge < -0.3 is 19.9 Å². The molecule has 0 bridgehead atoms. The molecule has 3 rings (SSSR count). The number of nitrogens with one attached hydrogen (secondary N) is 2. The number of halogens is 1. The summed E-state index contributed by atoms with van der Waals surface area (Å²) in [5.41, 5.74) is 1.97. The lowest BCUT2D eigenvalue weighted by Gasteiger charge is -2.10. The minimum absolute atomic E-state index is 0.268. The Hall–Kier alpha value is -2.78. The van der Waals surface area contributed by atoms with Gasteiger partial charge in [-0.3, -0.25) is 0 Å². The first-order valence-electron chi connectivity index (χ1n) is 8.45. The maximum absolute atomic E-state index is 11.8. The van der Waals surface area contributed by atoms with Gasteiger partial charge in [0.05, 0.1) is 18.7 Å². The summed E-state index contributed by atoms with van der Waals surface area (Å²) in [6.07, 6.45) is 0. The minimum Gasteiger partial charge on any atom is -0.462 e. The lowest BCUT2D eigenvalue weighted by molar-refractivity contribution is 0.0526. The summed E-state index contributed by atoms with van der Waals surface area (Å²) in [5.74, 6) is 0.523. The number of anilines is 1. The van der Waals surface area contributed by atoms with Crippen LogP contribution in [0.3, 0.4) is 0 Å². The van der Waals surface area contributed by atoms with Gasteiger partial charge in [0.25, 0.3) is 0 Å². The lowest BCUT2D eigenvalue weighted by Crippen LogP contribution is -2.28. The number of rotatable bonds is 6. The molecule has 2 N–H and O–H groups in total. The molecular formula is C19H17BrN4O3S. The Morgan fingerprint density at radius 1 is 1.25 bits per heavy atom. The van der Waals surface area contributed by atoms with E-state index in [1.165, 1.54) is 0 Å². The van der Waals surface area contributed by atoms with E-state index in [9.17, 15) is 4.79 Å². The molecule has 1 heterocycles. The van der Waals surface area contributed by atoms with Crippen LogP contribution in [-0.4, -0.2) is 27.8 Å². The summed E-state index contributed by atoms with van der Waals surface area (Å²) < 4.78 is 11.2. The number of ether oxygens (including phenoxy) is 1. The van der Waals surface area contributed by atoms with Gasteiger partial charge in [-0.15, -0.1) is 0 Å². The Bertz CT molecular complexity index is 993. The van der Waals surface area contributed by atoms with Crippen molar-refractivity contribution in [2.24, 2.45) is 0 Å². The maximum Gasteiger partial charge on any atom is 0.338 e. The van der Waals surface area contributed by atoms with E-state index in [2.05, 4.69) is 36.7 Å². The Morgan fingerprint density at radius 3 is 2.86 bits per heavy atom. The SMILES string of the molecule is CCOC(=O)c1cccc(NC(=S)NCc2nc(-c3cccc(Br)c3)no2)c1. The van der Waals surface area contributed by atoms with Crippen LogP contribution in [0.25, 0.3) is 11.4 Å². The third-order valence-corrected chi connectivity index (χ3v) is 4.32. The van der Waals surface area contributed by atoms with Crippen molar-refractivity contribution in [1.29, 1.82) is 0 Å². The molecule has 0 saturated carbocycles. The first-order chi connectivity index (χ1) is 13.5. The highest BCUT2D eigenvalue weighted by molar-refractivity contribution is 9.10. The summed E-state index contributed by atoms with van der Waals surface area (Å²) in [5, 5.41) is 10.3. The van der Waals surface area contributed by atoms with E-state index in [0.29, 0.717) is 34.7 Å². The predicted octanol–water partition coefficient (Wildman–Crippen LogP) is 4.16. The summed E-state index contributed by atoms with van der Waals surface area (Å²) in [4.78, 5) is 16.2. The first-order valence-corrected chi connectivity index (χ1v) is 9.66. The van der Waals surface area contributed by atoms with Gasteiger partial charge in [-0.05, 0) is 49.5 Å². The third kappa shape index (κ3) is 5.37. The van der Waals surface area contributed by atoms with Crippen molar-refractivity contribution in [1.82, 2.24) is 15.5 Å². The van der Waals surface area contributed by atoms with Gasteiger partial charge in [-0.1, -0.05) is 39.3 Å². The Kier molecular flexibility index (Phi) is 6.72. The summed E-state index contributed by atoms with van der Waals surface area (Å²) in [7, 11) is 0. The van der Waals surface area contributed by atoms with Crippen molar-refractivity contribution in [2.75, 3.05) is 11.9 Å². The molecule has 9 heteroatoms. The van der Waals surface area contributed by atoms with Crippen LogP contribution in [0.2, 0.25) is 0 Å². The first kappa shape index (κ1) is 20.0. The molecule has 2 aromatic carbocycles. The Labute approximate surface area is 175 Å². The van der Waals surface area contributed by atoms with E-state index < -0.39 is 0 Å². The number of thiocarbonyl (C=S) groups is 1. The van der Waals surface area contributed by atoms with Crippen LogP contribution in [-0.2, 0) is 11.3 Å². The number of hydrogen-bond acceptors (Lipinski definition) is 6. The molecule has 0 aliphatic carbocycles. The average Bonchev–Trinajstić information content (AvgIpc) is 3.16. The van der Waals surface area contributed by atoms with Crippen molar-refractivity contribution in [3.05, 3.63) is 64.5 Å². The van der Waals surface area contributed by atoms with Crippen LogP contribution in [0.4, 0.5) is 5.69 Å². The highest BCUT2D eigenvalue weighted by Crippen LogP contribution is 2.20. The number of nitrogens with zero attached hydrogens (tertiary/aromatic N) is 2. The Balaban J connectivity index is 1.56. The largest absolute Gasteiger partial charge is 0.462 e. The van der Waals surface area contributed by atoms with Crippen molar-refractivity contribution in [2.45, 2.75) is 13.5 Å². The second-order valence-corrected chi connectivity index (χ2v) is 6.95. The maximum atomic E-state index is 11.8. The second kappa shape index (κ2) is 9.43. The number of aromatic nitrogens is 2. The van der Waals surface area contributed by atoms with E-state index in [0.717, 1.165) is 10.0 Å². The van der Waals surface area contributed by atoms with Crippen LogP contribution in [0, 0.1) is 0 Å². The van der Waals surface area contributed by atoms with Crippen LogP contribution >= 0.6 is 28.1 Å². The van der Waals surface area contributed by atoms with E-state index in [4.69, 9.17) is 21.5 Å². The van der Waals surface area contributed by atoms with E-state index >= 15 is 0 Å². The highest BCUT2D eigenvalue weighted by atomic mass is 79.9. The standard InChI is InChI=1S/C19H17BrN4O3S/c1-2-26-18(25)13-6-4-8-15(10-13)22-19(28)21-11-16-23-17(24-27-16)12-5-3-7-14(20)9-12/h3-10H,2,11H2,1H3,(H2,21,22,28). The fourth-order valence-corrected chi connectivity index (χ4v) is 2.93. The molecule has 0 fully saturated rings. The van der Waals surface area contributed by atoms with Gasteiger partial charge in [0.2, 0.25) is 11.7 Å². The van der Waals surface area contributed by atoms with E-state index in [-0.39, 0.29) is 12.5 Å². The van der Waals surface area contributed by atoms with Crippen molar-refractivity contribution >= 4 is 44.9 Å². The van der Waals surface area contributed by atoms with Crippen LogP contribution in [0.5, 0.6) is 0 Å². The van der Waals surface area contributed by atoms with Gasteiger partial charge in [-0.25, -0.2) is 4.79 Å². The smallest absolute Gasteiger partial charge is 0.338 e. The quantitative estimate of drug-likeness (QED) is 0.418. The van der Waals surface area contributed by atoms with Gasteiger partial charge in [-0.2, -0.15) is 4.98 Å². The fraction of sp³-hybridized carbons (Fsp3) is 0.158. The second-order valence-electron chi connectivity index (χ2n) is 5.63. The molecule has 1 aromatic heterocycles. The number of carbonyl (C=O) groups is 1. The minimum atomic E-state index is -0.379. The summed E-state index contributed by atoms with van der Waals surface area (Å²) >= 11 is 8.70. The highest BCUT2D eigenvalue weighted by Gasteiger charge is 2.10. The number of hydrogen-bond donors (Lipinski definition) is 2. The average molecular weight is 461 g/mol. The molecule has 0 spiro atoms. The van der Waals surface area contributed by atoms with Gasteiger partial charge in [0.1, 0.15) is 0 Å². The number of benzene rings is 2. The van der Waals surface area contributed by atoms with E-state index in [1.807, 2.05) is 24.3 Å². The molecule has 28 heavy (non-hydrogen) atoms.